The van der Waals surface area contributed by atoms with Crippen LogP contribution in [0.2, 0.25) is 0 Å². The van der Waals surface area contributed by atoms with Gasteiger partial charge in [0.25, 0.3) is 0 Å². The maximum absolute atomic E-state index is 13.3. The smallest absolute Gasteiger partial charge is 0.459 e. The number of esters is 2. The fourth-order valence-corrected chi connectivity index (χ4v) is 3.54. The molecule has 0 amide bonds. The van der Waals surface area contributed by atoms with Crippen LogP contribution >= 0.6 is 0 Å². The summed E-state index contributed by atoms with van der Waals surface area (Å²) in [6.45, 7) is -0.588. The van der Waals surface area contributed by atoms with Gasteiger partial charge < -0.3 is 25.7 Å². The Morgan fingerprint density at radius 3 is 1.95 bits per heavy atom. The van der Waals surface area contributed by atoms with Gasteiger partial charge in [-0.1, -0.05) is 12.1 Å². The van der Waals surface area contributed by atoms with Crippen molar-refractivity contribution in [3.05, 3.63) is 89.5 Å². The van der Waals surface area contributed by atoms with Crippen molar-refractivity contribution in [2.24, 2.45) is 0 Å². The lowest BCUT2D eigenvalue weighted by atomic mass is 10.1. The van der Waals surface area contributed by atoms with Crippen LogP contribution in [0.4, 0.5) is 42.1 Å². The molecule has 0 aliphatic rings. The van der Waals surface area contributed by atoms with Crippen molar-refractivity contribution in [3.8, 4) is 11.5 Å². The maximum atomic E-state index is 13.3. The predicted octanol–water partition coefficient (Wildman–Crippen LogP) is 6.82. The molecular weight excluding hydrogens is 589 g/mol. The van der Waals surface area contributed by atoms with Crippen molar-refractivity contribution in [2.75, 3.05) is 18.1 Å². The van der Waals surface area contributed by atoms with Gasteiger partial charge in [0.2, 0.25) is 0 Å². The standard InChI is InChI=1S/C29H25F7N2O5/c30-27(31,28(32,33)29(34,35)36)12-1-13-41-23-9-5-20(6-10-23)26(40)43-24-7-2-18(3-8-24)4-11-25(39)42-17-19-14-21(37)16-22(38)15-19/h2-11,14-16H,1,12-13,17,37-38H2/b11-4+. The van der Waals surface area contributed by atoms with Crippen LogP contribution < -0.4 is 20.9 Å². The van der Waals surface area contributed by atoms with Crippen LogP contribution in [0.25, 0.3) is 6.08 Å². The van der Waals surface area contributed by atoms with E-state index in [1.165, 1.54) is 48.6 Å². The predicted molar refractivity (Wildman–Crippen MR) is 143 cm³/mol. The van der Waals surface area contributed by atoms with Crippen LogP contribution in [0.1, 0.15) is 34.3 Å². The van der Waals surface area contributed by atoms with Crippen LogP contribution in [0.3, 0.4) is 0 Å². The number of nitrogen functional groups attached to an aromatic ring is 2. The highest BCUT2D eigenvalue weighted by atomic mass is 19.4. The average molecular weight is 615 g/mol. The maximum Gasteiger partial charge on any atom is 0.459 e. The number of ether oxygens (including phenoxy) is 3. The second-order valence-corrected chi connectivity index (χ2v) is 9.16. The normalized spacial score (nSPS) is 12.3. The highest BCUT2D eigenvalue weighted by Crippen LogP contribution is 2.48. The molecule has 0 bridgehead atoms. The van der Waals surface area contributed by atoms with Crippen molar-refractivity contribution in [1.82, 2.24) is 0 Å². The van der Waals surface area contributed by atoms with Crippen molar-refractivity contribution in [3.63, 3.8) is 0 Å². The van der Waals surface area contributed by atoms with Crippen LogP contribution in [-0.4, -0.2) is 36.6 Å². The first kappa shape index (κ1) is 32.8. The van der Waals surface area contributed by atoms with E-state index in [1.54, 1.807) is 30.3 Å². The molecule has 3 rings (SSSR count). The van der Waals surface area contributed by atoms with Gasteiger partial charge in [0.1, 0.15) is 18.1 Å². The van der Waals surface area contributed by atoms with Gasteiger partial charge in [-0.3, -0.25) is 0 Å². The lowest BCUT2D eigenvalue weighted by Crippen LogP contribution is -2.51. The summed E-state index contributed by atoms with van der Waals surface area (Å²) in [5.41, 5.74) is 13.6. The molecule has 0 heterocycles. The molecule has 230 valence electrons. The summed E-state index contributed by atoms with van der Waals surface area (Å²) in [6.07, 6.45) is -6.21. The second-order valence-electron chi connectivity index (χ2n) is 9.16. The third-order valence-corrected chi connectivity index (χ3v) is 5.73. The monoisotopic (exact) mass is 614 g/mol. The van der Waals surface area contributed by atoms with Crippen LogP contribution in [0, 0.1) is 0 Å². The zero-order valence-electron chi connectivity index (χ0n) is 22.2. The van der Waals surface area contributed by atoms with E-state index in [4.69, 9.17) is 25.7 Å². The SMILES string of the molecule is Nc1cc(N)cc(COC(=O)/C=C/c2ccc(OC(=O)c3ccc(OCCCC(F)(F)C(F)(F)C(F)(F)F)cc3)cc2)c1. The van der Waals surface area contributed by atoms with Gasteiger partial charge in [0.15, 0.2) is 0 Å². The number of hydrogen-bond acceptors (Lipinski definition) is 7. The molecule has 43 heavy (non-hydrogen) atoms. The summed E-state index contributed by atoms with van der Waals surface area (Å²) in [4.78, 5) is 24.4. The van der Waals surface area contributed by atoms with E-state index in [0.717, 1.165) is 0 Å². The highest BCUT2D eigenvalue weighted by Gasteiger charge is 2.72. The minimum Gasteiger partial charge on any atom is -0.494 e. The fourth-order valence-electron chi connectivity index (χ4n) is 3.54. The molecule has 7 nitrogen and oxygen atoms in total. The molecule has 14 heteroatoms. The molecule has 0 saturated carbocycles. The summed E-state index contributed by atoms with van der Waals surface area (Å²) in [6, 6.07) is 16.1. The largest absolute Gasteiger partial charge is 0.494 e. The molecule has 3 aromatic rings. The third kappa shape index (κ3) is 9.12. The van der Waals surface area contributed by atoms with E-state index in [-0.39, 0.29) is 23.7 Å². The molecule has 3 aromatic carbocycles. The molecule has 0 aliphatic heterocycles. The van der Waals surface area contributed by atoms with E-state index in [1.807, 2.05) is 0 Å². The molecule has 0 fully saturated rings. The first-order valence-electron chi connectivity index (χ1n) is 12.4. The summed E-state index contributed by atoms with van der Waals surface area (Å²) in [7, 11) is 0. The Kier molecular flexibility index (Phi) is 10.3. The summed E-state index contributed by atoms with van der Waals surface area (Å²) >= 11 is 0. The van der Waals surface area contributed by atoms with E-state index in [9.17, 15) is 40.3 Å². The molecule has 0 atom stereocenters. The zero-order valence-corrected chi connectivity index (χ0v) is 22.2. The summed E-state index contributed by atoms with van der Waals surface area (Å²) in [5, 5.41) is 0. The Hall–Kier alpha value is -4.75. The van der Waals surface area contributed by atoms with Crippen LogP contribution in [-0.2, 0) is 16.1 Å². The zero-order chi connectivity index (χ0) is 31.8. The minimum absolute atomic E-state index is 0.0216. The Morgan fingerprint density at radius 2 is 1.37 bits per heavy atom. The number of hydrogen-bond donors (Lipinski definition) is 2. The Labute approximate surface area is 240 Å². The van der Waals surface area contributed by atoms with E-state index >= 15 is 0 Å². The summed E-state index contributed by atoms with van der Waals surface area (Å²) in [5.74, 6) is -12.6. The molecular formula is C29H25F7N2O5. The first-order chi connectivity index (χ1) is 20.1. The van der Waals surface area contributed by atoms with Crippen LogP contribution in [0.15, 0.2) is 72.8 Å². The lowest BCUT2D eigenvalue weighted by Gasteiger charge is -2.28. The molecule has 0 spiro atoms. The second kappa shape index (κ2) is 13.5. The summed E-state index contributed by atoms with van der Waals surface area (Å²) < 4.78 is 105. The van der Waals surface area contributed by atoms with Crippen molar-refractivity contribution in [2.45, 2.75) is 37.5 Å². The number of nitrogens with two attached hydrogens (primary N) is 2. The van der Waals surface area contributed by atoms with Gasteiger partial charge in [0, 0.05) is 23.9 Å². The Bertz CT molecular complexity index is 1420. The fraction of sp³-hybridized carbons (Fsp3) is 0.241. The molecule has 0 radical (unpaired) electrons. The number of rotatable bonds is 12. The number of anilines is 2. The molecule has 0 saturated heterocycles. The molecule has 0 aliphatic carbocycles. The quantitative estimate of drug-likeness (QED) is 0.0575. The minimum atomic E-state index is -6.38. The Balaban J connectivity index is 1.44. The number of halogens is 7. The van der Waals surface area contributed by atoms with E-state index < -0.39 is 49.4 Å². The highest BCUT2D eigenvalue weighted by molar-refractivity contribution is 5.91. The van der Waals surface area contributed by atoms with Crippen molar-refractivity contribution < 1.29 is 54.5 Å². The van der Waals surface area contributed by atoms with Gasteiger partial charge >= 0.3 is 30.0 Å². The number of carbonyl (C=O) groups is 2. The molecule has 0 aromatic heterocycles. The lowest BCUT2D eigenvalue weighted by molar-refractivity contribution is -0.355. The number of carbonyl (C=O) groups excluding carboxylic acids is 2. The van der Waals surface area contributed by atoms with Crippen LogP contribution in [0.5, 0.6) is 11.5 Å². The van der Waals surface area contributed by atoms with Gasteiger partial charge in [-0.2, -0.15) is 30.7 Å². The van der Waals surface area contributed by atoms with Gasteiger partial charge in [0.05, 0.1) is 12.2 Å². The molecule has 0 unspecified atom stereocenters. The van der Waals surface area contributed by atoms with Crippen molar-refractivity contribution >= 4 is 29.4 Å². The third-order valence-electron chi connectivity index (χ3n) is 5.73. The molecule has 4 N–H and O–H groups in total. The topological polar surface area (TPSA) is 114 Å². The average Bonchev–Trinajstić information content (AvgIpc) is 2.93. The van der Waals surface area contributed by atoms with E-state index in [0.29, 0.717) is 22.5 Å². The van der Waals surface area contributed by atoms with Crippen molar-refractivity contribution in [1.29, 1.82) is 0 Å². The number of alkyl halides is 7. The van der Waals surface area contributed by atoms with Gasteiger partial charge in [-0.05, 0) is 78.2 Å². The number of benzene rings is 3. The van der Waals surface area contributed by atoms with E-state index in [2.05, 4.69) is 0 Å². The van der Waals surface area contributed by atoms with Gasteiger partial charge in [-0.15, -0.1) is 0 Å². The first-order valence-corrected chi connectivity index (χ1v) is 12.4. The van der Waals surface area contributed by atoms with Gasteiger partial charge in [-0.25, -0.2) is 9.59 Å². The Morgan fingerprint density at radius 1 is 0.791 bits per heavy atom.